The lowest BCUT2D eigenvalue weighted by atomic mass is 10.1. The molecule has 0 aliphatic heterocycles. The van der Waals surface area contributed by atoms with E-state index in [0.717, 1.165) is 24.4 Å². The molecule has 2 aromatic heterocycles. The van der Waals surface area contributed by atoms with Crippen LogP contribution in [0, 0.1) is 13.8 Å². The third kappa shape index (κ3) is 3.98. The molecule has 0 aliphatic carbocycles. The summed E-state index contributed by atoms with van der Waals surface area (Å²) in [5, 5.41) is -0.388. The van der Waals surface area contributed by atoms with Crippen molar-refractivity contribution in [2.75, 3.05) is 12.3 Å². The maximum atomic E-state index is 12.4. The normalized spacial score (nSPS) is 10.8. The fraction of sp³-hybridized carbons (Fsp3) is 0.353. The molecule has 0 atom stereocenters. The van der Waals surface area contributed by atoms with Crippen molar-refractivity contribution in [2.24, 2.45) is 0 Å². The van der Waals surface area contributed by atoms with Crippen molar-refractivity contribution in [2.45, 2.75) is 33.7 Å². The van der Waals surface area contributed by atoms with Gasteiger partial charge in [-0.2, -0.15) is 0 Å². The van der Waals surface area contributed by atoms with Crippen molar-refractivity contribution in [3.63, 3.8) is 0 Å². The molecule has 140 valence electrons. The van der Waals surface area contributed by atoms with E-state index in [1.807, 2.05) is 18.4 Å². The Labute approximate surface area is 166 Å². The fourth-order valence-corrected chi connectivity index (χ4v) is 3.18. The molecule has 0 radical (unpaired) electrons. The minimum absolute atomic E-state index is 0.0485. The van der Waals surface area contributed by atoms with Crippen molar-refractivity contribution in [3.05, 3.63) is 43.9 Å². The molecule has 0 saturated carbocycles. The zero-order valence-corrected chi connectivity index (χ0v) is 16.8. The molecule has 0 amide bonds. The average Bonchev–Trinajstić information content (AvgIpc) is 2.89. The van der Waals surface area contributed by atoms with E-state index >= 15 is 0 Å². The molecular formula is C17H18Cl3N3O3. The number of nitrogens with two attached hydrogens (primary N) is 1. The molecular weight excluding hydrogens is 401 g/mol. The summed E-state index contributed by atoms with van der Waals surface area (Å²) in [6, 6.07) is 1.78. The van der Waals surface area contributed by atoms with E-state index in [9.17, 15) is 9.59 Å². The Morgan fingerprint density at radius 2 is 1.88 bits per heavy atom. The van der Waals surface area contributed by atoms with E-state index in [2.05, 4.69) is 11.9 Å². The first-order chi connectivity index (χ1) is 12.2. The van der Waals surface area contributed by atoms with Crippen LogP contribution in [0.25, 0.3) is 0 Å². The maximum absolute atomic E-state index is 12.4. The number of halogens is 3. The number of ether oxygens (including phenoxy) is 1. The lowest BCUT2D eigenvalue weighted by molar-refractivity contribution is 0.0469. The first kappa shape index (κ1) is 20.6. The first-order valence-electron chi connectivity index (χ1n) is 7.86. The highest BCUT2D eigenvalue weighted by molar-refractivity contribution is 6.46. The van der Waals surface area contributed by atoms with Crippen molar-refractivity contribution in [3.8, 4) is 0 Å². The molecule has 0 aliphatic rings. The van der Waals surface area contributed by atoms with Gasteiger partial charge in [0, 0.05) is 23.5 Å². The Kier molecular flexibility index (Phi) is 6.55. The molecule has 2 aromatic rings. The van der Waals surface area contributed by atoms with Gasteiger partial charge in [0.2, 0.25) is 5.78 Å². The highest BCUT2D eigenvalue weighted by Gasteiger charge is 2.23. The van der Waals surface area contributed by atoms with Gasteiger partial charge in [0.05, 0.1) is 10.7 Å². The summed E-state index contributed by atoms with van der Waals surface area (Å²) in [6.45, 7) is 6.20. The van der Waals surface area contributed by atoms with Gasteiger partial charge >= 0.3 is 5.97 Å². The topological polar surface area (TPSA) is 87.2 Å². The van der Waals surface area contributed by atoms with Gasteiger partial charge in [-0.1, -0.05) is 41.7 Å². The van der Waals surface area contributed by atoms with Gasteiger partial charge in [0.15, 0.2) is 17.5 Å². The Balaban J connectivity index is 2.16. The molecule has 26 heavy (non-hydrogen) atoms. The number of aryl methyl sites for hydroxylation is 1. The molecule has 2 rings (SSSR count). The van der Waals surface area contributed by atoms with Crippen LogP contribution in [0.3, 0.4) is 0 Å². The van der Waals surface area contributed by atoms with Crippen LogP contribution < -0.4 is 5.73 Å². The lowest BCUT2D eigenvalue weighted by Crippen LogP contribution is -2.17. The van der Waals surface area contributed by atoms with Gasteiger partial charge in [-0.3, -0.25) is 4.79 Å². The van der Waals surface area contributed by atoms with Crippen LogP contribution in [-0.2, 0) is 11.3 Å². The standard InChI is InChI=1S/C17H18Cl3N3O3/c1-4-5-23-8(2)6-10(9(23)3)11(24)7-26-17(25)15-12(18)14(21)13(19)16(20)22-15/h6H,4-5,7H2,1-3H3,(H2,21,22). The molecule has 0 aromatic carbocycles. The van der Waals surface area contributed by atoms with Crippen LogP contribution in [0.4, 0.5) is 5.69 Å². The van der Waals surface area contributed by atoms with Gasteiger partial charge in [0.1, 0.15) is 5.02 Å². The number of hydrogen-bond acceptors (Lipinski definition) is 5. The van der Waals surface area contributed by atoms with Crippen LogP contribution in [0.2, 0.25) is 15.2 Å². The summed E-state index contributed by atoms with van der Waals surface area (Å²) < 4.78 is 7.09. The summed E-state index contributed by atoms with van der Waals surface area (Å²) in [7, 11) is 0. The summed E-state index contributed by atoms with van der Waals surface area (Å²) in [5.41, 5.74) is 7.62. The van der Waals surface area contributed by atoms with E-state index in [1.54, 1.807) is 6.07 Å². The number of ketones is 1. The number of hydrogen-bond donors (Lipinski definition) is 1. The second-order valence-corrected chi connectivity index (χ2v) is 6.84. The number of pyridine rings is 1. The zero-order valence-electron chi connectivity index (χ0n) is 14.5. The van der Waals surface area contributed by atoms with Crippen molar-refractivity contribution < 1.29 is 14.3 Å². The predicted molar refractivity (Wildman–Crippen MR) is 102 cm³/mol. The highest BCUT2D eigenvalue weighted by Crippen LogP contribution is 2.34. The monoisotopic (exact) mass is 417 g/mol. The number of nitrogen functional groups attached to an aromatic ring is 1. The minimum Gasteiger partial charge on any atom is -0.453 e. The summed E-state index contributed by atoms with van der Waals surface area (Å²) in [6.07, 6.45) is 0.946. The number of carbonyl (C=O) groups is 2. The van der Waals surface area contributed by atoms with Gasteiger partial charge in [0.25, 0.3) is 0 Å². The summed E-state index contributed by atoms with van der Waals surface area (Å²) in [5.74, 6) is -1.23. The lowest BCUT2D eigenvalue weighted by Gasteiger charge is -2.09. The average molecular weight is 419 g/mol. The highest BCUT2D eigenvalue weighted by atomic mass is 35.5. The smallest absolute Gasteiger partial charge is 0.359 e. The Hall–Kier alpha value is -1.76. The number of nitrogens with zero attached hydrogens (tertiary/aromatic N) is 2. The number of carbonyl (C=O) groups excluding carboxylic acids is 2. The van der Waals surface area contributed by atoms with Crippen LogP contribution in [-0.4, -0.2) is 27.9 Å². The largest absolute Gasteiger partial charge is 0.453 e. The van der Waals surface area contributed by atoms with Gasteiger partial charge < -0.3 is 15.0 Å². The fourth-order valence-electron chi connectivity index (χ4n) is 2.59. The number of aromatic nitrogens is 2. The van der Waals surface area contributed by atoms with E-state index in [4.69, 9.17) is 45.3 Å². The molecule has 0 bridgehead atoms. The zero-order chi connectivity index (χ0) is 19.6. The molecule has 0 saturated heterocycles. The molecule has 2 heterocycles. The van der Waals surface area contributed by atoms with Gasteiger partial charge in [-0.05, 0) is 26.3 Å². The number of rotatable bonds is 6. The van der Waals surface area contributed by atoms with Gasteiger partial charge in [-0.15, -0.1) is 0 Å². The van der Waals surface area contributed by atoms with Crippen LogP contribution in [0.15, 0.2) is 6.07 Å². The molecule has 6 nitrogen and oxygen atoms in total. The third-order valence-corrected chi connectivity index (χ3v) is 5.06. The Bertz CT molecular complexity index is 878. The Morgan fingerprint density at radius 3 is 2.50 bits per heavy atom. The first-order valence-corrected chi connectivity index (χ1v) is 8.99. The minimum atomic E-state index is -0.906. The third-order valence-electron chi connectivity index (χ3n) is 3.92. The van der Waals surface area contributed by atoms with Crippen molar-refractivity contribution in [1.82, 2.24) is 9.55 Å². The van der Waals surface area contributed by atoms with Crippen molar-refractivity contribution in [1.29, 1.82) is 0 Å². The second kappa shape index (κ2) is 8.29. The summed E-state index contributed by atoms with van der Waals surface area (Å²) >= 11 is 17.6. The molecule has 9 heteroatoms. The van der Waals surface area contributed by atoms with E-state index in [0.29, 0.717) is 5.56 Å². The number of esters is 1. The van der Waals surface area contributed by atoms with E-state index in [-0.39, 0.29) is 32.4 Å². The summed E-state index contributed by atoms with van der Waals surface area (Å²) in [4.78, 5) is 28.4. The van der Waals surface area contributed by atoms with E-state index < -0.39 is 12.6 Å². The predicted octanol–water partition coefficient (Wildman–Crippen LogP) is 4.49. The SMILES string of the molecule is CCCn1c(C)cc(C(=O)COC(=O)c2nc(Cl)c(Cl)c(N)c2Cl)c1C. The second-order valence-electron chi connectivity index (χ2n) is 5.73. The van der Waals surface area contributed by atoms with Crippen LogP contribution in [0.5, 0.6) is 0 Å². The Morgan fingerprint density at radius 1 is 1.23 bits per heavy atom. The van der Waals surface area contributed by atoms with Crippen molar-refractivity contribution >= 4 is 52.2 Å². The van der Waals surface area contributed by atoms with Crippen LogP contribution >= 0.6 is 34.8 Å². The van der Waals surface area contributed by atoms with E-state index in [1.165, 1.54) is 0 Å². The number of Topliss-reactive ketones (excluding diaryl/α,β-unsaturated/α-hetero) is 1. The molecule has 0 fully saturated rings. The molecule has 2 N–H and O–H groups in total. The number of anilines is 1. The quantitative estimate of drug-likeness (QED) is 0.424. The van der Waals surface area contributed by atoms with Crippen LogP contribution in [0.1, 0.15) is 45.6 Å². The molecule has 0 spiro atoms. The maximum Gasteiger partial charge on any atom is 0.359 e. The molecule has 0 unspecified atom stereocenters. The van der Waals surface area contributed by atoms with Gasteiger partial charge in [-0.25, -0.2) is 9.78 Å².